The van der Waals surface area contributed by atoms with Crippen molar-refractivity contribution >= 4 is 5.97 Å². The minimum atomic E-state index is -0.394. The lowest BCUT2D eigenvalue weighted by molar-refractivity contribution is 0.0588. The normalized spacial score (nSPS) is 9.73. The van der Waals surface area contributed by atoms with Crippen molar-refractivity contribution in [1.29, 1.82) is 0 Å². The second-order valence-corrected chi connectivity index (χ2v) is 2.14. The Kier molecular flexibility index (Phi) is 1.94. The first-order chi connectivity index (χ1) is 5.15. The molecule has 4 nitrogen and oxygen atoms in total. The van der Waals surface area contributed by atoms with Crippen LogP contribution in [0.4, 0.5) is 0 Å². The Labute approximate surface area is 64.8 Å². The van der Waals surface area contributed by atoms with Gasteiger partial charge in [0.05, 0.1) is 12.8 Å². The number of rotatable bonds is 1. The van der Waals surface area contributed by atoms with E-state index in [-0.39, 0.29) is 0 Å². The molecule has 0 aliphatic heterocycles. The Morgan fingerprint density at radius 1 is 1.82 bits per heavy atom. The molecule has 1 aromatic rings. The van der Waals surface area contributed by atoms with Crippen LogP contribution in [0.3, 0.4) is 0 Å². The first kappa shape index (κ1) is 7.78. The van der Waals surface area contributed by atoms with E-state index in [0.717, 1.165) is 0 Å². The van der Waals surface area contributed by atoms with Crippen LogP contribution < -0.4 is 0 Å². The topological polar surface area (TPSA) is 44.1 Å². The lowest BCUT2D eigenvalue weighted by atomic mass is 10.4. The summed E-state index contributed by atoms with van der Waals surface area (Å²) in [5, 5.41) is 3.88. The molecule has 0 unspecified atom stereocenters. The van der Waals surface area contributed by atoms with Gasteiger partial charge in [0.15, 0.2) is 0 Å². The first-order valence-corrected chi connectivity index (χ1v) is 3.09. The van der Waals surface area contributed by atoms with Crippen molar-refractivity contribution in [2.45, 2.75) is 0 Å². The number of hydrogen-bond donors (Lipinski definition) is 0. The van der Waals surface area contributed by atoms with E-state index in [1.165, 1.54) is 11.8 Å². The van der Waals surface area contributed by atoms with E-state index in [1.807, 2.05) is 0 Å². The van der Waals surface area contributed by atoms with Crippen LogP contribution >= 0.6 is 0 Å². The number of ether oxygens (including phenoxy) is 1. The van der Waals surface area contributed by atoms with Crippen molar-refractivity contribution in [2.24, 2.45) is 7.05 Å². The first-order valence-electron chi connectivity index (χ1n) is 3.09. The maximum atomic E-state index is 10.9. The molecule has 0 fully saturated rings. The average Bonchev–Trinajstić information content (AvgIpc) is 2.28. The molecular weight excluding hydrogens is 144 g/mol. The molecule has 11 heavy (non-hydrogen) atoms. The molecule has 1 aromatic heterocycles. The Balaban J connectivity index is 3.03. The minimum Gasteiger partial charge on any atom is -0.464 e. The number of methoxy groups -OCH3 is 1. The Morgan fingerprint density at radius 3 is 2.82 bits per heavy atom. The summed E-state index contributed by atoms with van der Waals surface area (Å²) in [5.41, 5.74) is 0.977. The molecule has 0 saturated heterocycles. The van der Waals surface area contributed by atoms with Gasteiger partial charge in [-0.25, -0.2) is 4.79 Å². The van der Waals surface area contributed by atoms with Gasteiger partial charge in [-0.2, -0.15) is 5.10 Å². The van der Waals surface area contributed by atoms with Gasteiger partial charge in [-0.1, -0.05) is 0 Å². The number of esters is 1. The minimum absolute atomic E-state index is 0.394. The zero-order valence-corrected chi connectivity index (χ0v) is 6.50. The molecule has 0 aromatic carbocycles. The predicted octanol–water partition coefficient (Wildman–Crippen LogP) is 0.389. The molecular formula is C7H9N2O2. The van der Waals surface area contributed by atoms with E-state index >= 15 is 0 Å². The van der Waals surface area contributed by atoms with Crippen molar-refractivity contribution in [1.82, 2.24) is 9.78 Å². The van der Waals surface area contributed by atoms with Gasteiger partial charge in [0.25, 0.3) is 0 Å². The Hall–Kier alpha value is -1.32. The van der Waals surface area contributed by atoms with Crippen LogP contribution in [0.2, 0.25) is 0 Å². The van der Waals surface area contributed by atoms with Crippen LogP contribution in [0.1, 0.15) is 16.2 Å². The second-order valence-electron chi connectivity index (χ2n) is 2.14. The molecule has 0 aliphatic carbocycles. The highest BCUT2D eigenvalue weighted by molar-refractivity contribution is 5.87. The summed E-state index contributed by atoms with van der Waals surface area (Å²) < 4.78 is 5.94. The van der Waals surface area contributed by atoms with Crippen LogP contribution in [-0.4, -0.2) is 22.9 Å². The van der Waals surface area contributed by atoms with Crippen molar-refractivity contribution in [3.05, 3.63) is 24.4 Å². The molecule has 1 heterocycles. The number of nitrogens with zero attached hydrogens (tertiary/aromatic N) is 2. The number of aromatic nitrogens is 2. The quantitative estimate of drug-likeness (QED) is 0.548. The lowest BCUT2D eigenvalue weighted by Gasteiger charge is -1.96. The van der Waals surface area contributed by atoms with Crippen LogP contribution in [0, 0.1) is 6.92 Å². The van der Waals surface area contributed by atoms with E-state index in [0.29, 0.717) is 11.4 Å². The van der Waals surface area contributed by atoms with Crippen molar-refractivity contribution in [2.75, 3.05) is 7.11 Å². The molecule has 1 rings (SSSR count). The van der Waals surface area contributed by atoms with Crippen LogP contribution in [-0.2, 0) is 11.8 Å². The fraction of sp³-hybridized carbons (Fsp3) is 0.286. The number of aryl methyl sites for hydroxylation is 1. The van der Waals surface area contributed by atoms with Crippen LogP contribution in [0.15, 0.2) is 6.07 Å². The number of carbonyl (C=O) groups is 1. The molecule has 0 spiro atoms. The molecule has 0 atom stereocenters. The SMILES string of the molecule is [CH2]c1cc(C(=O)OC)n(C)n1. The van der Waals surface area contributed by atoms with Crippen LogP contribution in [0.25, 0.3) is 0 Å². The number of carbonyl (C=O) groups excluding carboxylic acids is 1. The average molecular weight is 153 g/mol. The summed E-state index contributed by atoms with van der Waals surface area (Å²) >= 11 is 0. The smallest absolute Gasteiger partial charge is 0.356 e. The Morgan fingerprint density at radius 2 is 2.45 bits per heavy atom. The molecule has 1 radical (unpaired) electrons. The van der Waals surface area contributed by atoms with E-state index in [1.54, 1.807) is 13.1 Å². The van der Waals surface area contributed by atoms with Gasteiger partial charge in [0.2, 0.25) is 0 Å². The molecule has 4 heteroatoms. The lowest BCUT2D eigenvalue weighted by Crippen LogP contribution is -2.07. The third-order valence-corrected chi connectivity index (χ3v) is 1.32. The predicted molar refractivity (Wildman–Crippen MR) is 39.0 cm³/mol. The highest BCUT2D eigenvalue weighted by Crippen LogP contribution is 2.02. The van der Waals surface area contributed by atoms with Gasteiger partial charge < -0.3 is 4.74 Å². The highest BCUT2D eigenvalue weighted by atomic mass is 16.5. The van der Waals surface area contributed by atoms with Crippen molar-refractivity contribution in [3.63, 3.8) is 0 Å². The summed E-state index contributed by atoms with van der Waals surface area (Å²) in [6.45, 7) is 3.58. The summed E-state index contributed by atoms with van der Waals surface area (Å²) in [4.78, 5) is 10.9. The zero-order valence-electron chi connectivity index (χ0n) is 6.50. The number of hydrogen-bond acceptors (Lipinski definition) is 3. The monoisotopic (exact) mass is 153 g/mol. The molecule has 59 valence electrons. The Bertz CT molecular complexity index is 278. The third kappa shape index (κ3) is 1.39. The van der Waals surface area contributed by atoms with Gasteiger partial charge in [0, 0.05) is 7.05 Å². The summed E-state index contributed by atoms with van der Waals surface area (Å²) in [5.74, 6) is -0.394. The third-order valence-electron chi connectivity index (χ3n) is 1.32. The van der Waals surface area contributed by atoms with Gasteiger partial charge in [-0.05, 0) is 13.0 Å². The summed E-state index contributed by atoms with van der Waals surface area (Å²) in [6, 6.07) is 1.58. The highest BCUT2D eigenvalue weighted by Gasteiger charge is 2.10. The van der Waals surface area contributed by atoms with E-state index in [2.05, 4.69) is 16.8 Å². The maximum absolute atomic E-state index is 10.9. The molecule has 0 bridgehead atoms. The largest absolute Gasteiger partial charge is 0.464 e. The van der Waals surface area contributed by atoms with Gasteiger partial charge in [-0.3, -0.25) is 4.68 Å². The maximum Gasteiger partial charge on any atom is 0.356 e. The van der Waals surface area contributed by atoms with Crippen molar-refractivity contribution < 1.29 is 9.53 Å². The van der Waals surface area contributed by atoms with Crippen LogP contribution in [0.5, 0.6) is 0 Å². The summed E-state index contributed by atoms with van der Waals surface area (Å²) in [7, 11) is 3.00. The molecule has 0 aliphatic rings. The second kappa shape index (κ2) is 2.74. The van der Waals surface area contributed by atoms with E-state index in [4.69, 9.17) is 0 Å². The standard InChI is InChI=1S/C7H9N2O2/c1-5-4-6(7(10)11-3)9(2)8-5/h4H,1H2,2-3H3. The van der Waals surface area contributed by atoms with E-state index in [9.17, 15) is 4.79 Å². The fourth-order valence-corrected chi connectivity index (χ4v) is 0.822. The van der Waals surface area contributed by atoms with Gasteiger partial charge in [0.1, 0.15) is 5.69 Å². The van der Waals surface area contributed by atoms with E-state index < -0.39 is 5.97 Å². The van der Waals surface area contributed by atoms with Gasteiger partial charge >= 0.3 is 5.97 Å². The molecule has 0 amide bonds. The molecule has 0 N–H and O–H groups in total. The molecule has 0 saturated carbocycles. The fourth-order valence-electron chi connectivity index (χ4n) is 0.822. The summed E-state index contributed by atoms with van der Waals surface area (Å²) in [6.07, 6.45) is 0. The van der Waals surface area contributed by atoms with Crippen molar-refractivity contribution in [3.8, 4) is 0 Å². The zero-order chi connectivity index (χ0) is 8.43. The van der Waals surface area contributed by atoms with Gasteiger partial charge in [-0.15, -0.1) is 0 Å².